The van der Waals surface area contributed by atoms with Crippen LogP contribution in [0.1, 0.15) is 12.0 Å². The summed E-state index contributed by atoms with van der Waals surface area (Å²) in [5.41, 5.74) is 1.16. The topological polar surface area (TPSA) is 106 Å². The summed E-state index contributed by atoms with van der Waals surface area (Å²) < 4.78 is 16.2. The summed E-state index contributed by atoms with van der Waals surface area (Å²) in [6, 6.07) is 16.7. The van der Waals surface area contributed by atoms with Crippen molar-refractivity contribution in [3.05, 3.63) is 54.1 Å². The Hall–Kier alpha value is -3.99. The number of rotatable bonds is 8. The molecule has 1 aliphatic rings. The highest BCUT2D eigenvalue weighted by atomic mass is 16.7. The molecule has 0 spiro atoms. The first-order valence-corrected chi connectivity index (χ1v) is 9.56. The molecule has 0 saturated carbocycles. The number of nitrogens with zero attached hydrogens (tertiary/aromatic N) is 2. The molecule has 2 heterocycles. The van der Waals surface area contributed by atoms with E-state index in [0.717, 1.165) is 5.39 Å². The number of anilines is 1. The first-order chi connectivity index (χ1) is 14.7. The maximum Gasteiger partial charge on any atom is 0.257 e. The number of nitriles is 1. The SMILES string of the molecule is N#Cc1cc2cc3c(cc2nc1NCCCNC(=O)COc1ccccc1)OCO3. The molecule has 8 heteroatoms. The van der Waals surface area contributed by atoms with Crippen molar-refractivity contribution in [1.29, 1.82) is 5.26 Å². The third-order valence-corrected chi connectivity index (χ3v) is 4.51. The van der Waals surface area contributed by atoms with Crippen molar-refractivity contribution < 1.29 is 19.0 Å². The summed E-state index contributed by atoms with van der Waals surface area (Å²) in [6.07, 6.45) is 0.669. The van der Waals surface area contributed by atoms with Gasteiger partial charge in [0.05, 0.1) is 11.1 Å². The Morgan fingerprint density at radius 1 is 1.13 bits per heavy atom. The van der Waals surface area contributed by atoms with Crippen LogP contribution in [-0.4, -0.2) is 37.4 Å². The van der Waals surface area contributed by atoms with Crippen LogP contribution in [0, 0.1) is 11.3 Å². The average Bonchev–Trinajstić information content (AvgIpc) is 3.23. The Bertz CT molecular complexity index is 1100. The van der Waals surface area contributed by atoms with E-state index in [1.54, 1.807) is 24.3 Å². The van der Waals surface area contributed by atoms with E-state index in [1.807, 2.05) is 24.3 Å². The van der Waals surface area contributed by atoms with Gasteiger partial charge in [-0.15, -0.1) is 0 Å². The lowest BCUT2D eigenvalue weighted by molar-refractivity contribution is -0.123. The molecule has 0 radical (unpaired) electrons. The summed E-state index contributed by atoms with van der Waals surface area (Å²) in [7, 11) is 0. The molecule has 1 aromatic heterocycles. The predicted octanol–water partition coefficient (Wildman–Crippen LogP) is 2.83. The summed E-state index contributed by atoms with van der Waals surface area (Å²) in [5.74, 6) is 2.27. The van der Waals surface area contributed by atoms with E-state index in [0.29, 0.717) is 53.7 Å². The molecule has 0 unspecified atom stereocenters. The fourth-order valence-corrected chi connectivity index (χ4v) is 3.02. The molecule has 152 valence electrons. The number of carbonyl (C=O) groups excluding carboxylic acids is 1. The van der Waals surface area contributed by atoms with Gasteiger partial charge < -0.3 is 24.8 Å². The van der Waals surface area contributed by atoms with E-state index in [-0.39, 0.29) is 19.3 Å². The lowest BCUT2D eigenvalue weighted by atomic mass is 10.1. The van der Waals surface area contributed by atoms with Crippen molar-refractivity contribution in [2.24, 2.45) is 0 Å². The quantitative estimate of drug-likeness (QED) is 0.556. The molecule has 4 rings (SSSR count). The second kappa shape index (κ2) is 9.01. The standard InChI is InChI=1S/C22H20N4O4/c23-12-16-9-15-10-19-20(30-14-29-19)11-18(15)26-22(16)25-8-4-7-24-21(27)13-28-17-5-2-1-3-6-17/h1-3,5-6,9-11H,4,7-8,13-14H2,(H,24,27)(H,25,26). The Morgan fingerprint density at radius 2 is 1.93 bits per heavy atom. The van der Waals surface area contributed by atoms with Gasteiger partial charge >= 0.3 is 0 Å². The average molecular weight is 404 g/mol. The van der Waals surface area contributed by atoms with Gasteiger partial charge in [-0.1, -0.05) is 18.2 Å². The number of carbonyl (C=O) groups is 1. The number of amides is 1. The second-order valence-corrected chi connectivity index (χ2v) is 6.63. The summed E-state index contributed by atoms with van der Waals surface area (Å²) in [5, 5.41) is 16.2. The second-order valence-electron chi connectivity index (χ2n) is 6.63. The molecular weight excluding hydrogens is 384 g/mol. The van der Waals surface area contributed by atoms with Gasteiger partial charge in [-0.25, -0.2) is 4.98 Å². The van der Waals surface area contributed by atoms with Crippen LogP contribution >= 0.6 is 0 Å². The number of fused-ring (bicyclic) bond motifs is 2. The monoisotopic (exact) mass is 404 g/mol. The number of para-hydroxylation sites is 1. The van der Waals surface area contributed by atoms with Crippen LogP contribution in [-0.2, 0) is 4.79 Å². The van der Waals surface area contributed by atoms with Crippen molar-refractivity contribution in [3.8, 4) is 23.3 Å². The van der Waals surface area contributed by atoms with Crippen molar-refractivity contribution in [2.45, 2.75) is 6.42 Å². The van der Waals surface area contributed by atoms with E-state index in [4.69, 9.17) is 14.2 Å². The van der Waals surface area contributed by atoms with E-state index in [2.05, 4.69) is 21.7 Å². The number of benzene rings is 2. The Balaban J connectivity index is 1.27. The molecule has 0 aliphatic carbocycles. The maximum absolute atomic E-state index is 11.9. The fourth-order valence-electron chi connectivity index (χ4n) is 3.02. The molecule has 0 saturated heterocycles. The molecular formula is C22H20N4O4. The number of nitrogens with one attached hydrogen (secondary N) is 2. The molecule has 8 nitrogen and oxygen atoms in total. The third-order valence-electron chi connectivity index (χ3n) is 4.51. The Kier molecular flexibility index (Phi) is 5.80. The summed E-state index contributed by atoms with van der Waals surface area (Å²) in [4.78, 5) is 16.4. The zero-order valence-electron chi connectivity index (χ0n) is 16.2. The van der Waals surface area contributed by atoms with Crippen LogP contribution in [0.3, 0.4) is 0 Å². The van der Waals surface area contributed by atoms with Crippen molar-refractivity contribution in [2.75, 3.05) is 31.8 Å². The summed E-state index contributed by atoms with van der Waals surface area (Å²) >= 11 is 0. The van der Waals surface area contributed by atoms with Crippen molar-refractivity contribution in [3.63, 3.8) is 0 Å². The minimum atomic E-state index is -0.184. The number of aromatic nitrogens is 1. The van der Waals surface area contributed by atoms with Gasteiger partial charge in [-0.3, -0.25) is 4.79 Å². The van der Waals surface area contributed by atoms with Crippen LogP contribution in [0.4, 0.5) is 5.82 Å². The minimum Gasteiger partial charge on any atom is -0.484 e. The minimum absolute atomic E-state index is 0.0294. The van der Waals surface area contributed by atoms with Gasteiger partial charge in [0, 0.05) is 24.5 Å². The smallest absolute Gasteiger partial charge is 0.257 e. The lowest BCUT2D eigenvalue weighted by Gasteiger charge is -2.10. The normalized spacial score (nSPS) is 11.7. The highest BCUT2D eigenvalue weighted by Gasteiger charge is 2.16. The number of hydrogen-bond acceptors (Lipinski definition) is 7. The zero-order valence-corrected chi connectivity index (χ0v) is 16.2. The summed E-state index contributed by atoms with van der Waals surface area (Å²) in [6.45, 7) is 1.19. The van der Waals surface area contributed by atoms with Crippen LogP contribution in [0.5, 0.6) is 17.2 Å². The maximum atomic E-state index is 11.9. The van der Waals surface area contributed by atoms with Gasteiger partial charge in [0.1, 0.15) is 17.6 Å². The Morgan fingerprint density at radius 3 is 2.73 bits per heavy atom. The highest BCUT2D eigenvalue weighted by molar-refractivity contribution is 5.86. The molecule has 0 atom stereocenters. The van der Waals surface area contributed by atoms with Gasteiger partial charge in [0.2, 0.25) is 6.79 Å². The first-order valence-electron chi connectivity index (χ1n) is 9.56. The highest BCUT2D eigenvalue weighted by Crippen LogP contribution is 2.36. The fraction of sp³-hybridized carbons (Fsp3) is 0.227. The van der Waals surface area contributed by atoms with E-state index >= 15 is 0 Å². The zero-order chi connectivity index (χ0) is 20.8. The molecule has 0 fully saturated rings. The predicted molar refractivity (Wildman–Crippen MR) is 111 cm³/mol. The van der Waals surface area contributed by atoms with Gasteiger partial charge in [-0.2, -0.15) is 5.26 Å². The molecule has 1 amide bonds. The van der Waals surface area contributed by atoms with Gasteiger partial charge in [0.25, 0.3) is 5.91 Å². The molecule has 0 bridgehead atoms. The van der Waals surface area contributed by atoms with E-state index in [1.165, 1.54) is 0 Å². The van der Waals surface area contributed by atoms with Crippen molar-refractivity contribution >= 4 is 22.6 Å². The van der Waals surface area contributed by atoms with E-state index in [9.17, 15) is 10.1 Å². The molecule has 2 N–H and O–H groups in total. The number of ether oxygens (including phenoxy) is 3. The van der Waals surface area contributed by atoms with Crippen LogP contribution in [0.15, 0.2) is 48.5 Å². The first kappa shape index (κ1) is 19.3. The number of pyridine rings is 1. The van der Waals surface area contributed by atoms with Crippen molar-refractivity contribution in [1.82, 2.24) is 10.3 Å². The Labute approximate surface area is 173 Å². The van der Waals surface area contributed by atoms with E-state index < -0.39 is 0 Å². The lowest BCUT2D eigenvalue weighted by Crippen LogP contribution is -2.30. The molecule has 2 aromatic carbocycles. The third kappa shape index (κ3) is 4.52. The van der Waals surface area contributed by atoms with Crippen LogP contribution < -0.4 is 24.8 Å². The van der Waals surface area contributed by atoms with Gasteiger partial charge in [0.15, 0.2) is 18.1 Å². The largest absolute Gasteiger partial charge is 0.484 e. The molecule has 30 heavy (non-hydrogen) atoms. The molecule has 3 aromatic rings. The molecule has 1 aliphatic heterocycles. The number of hydrogen-bond donors (Lipinski definition) is 2. The van der Waals surface area contributed by atoms with Gasteiger partial charge in [-0.05, 0) is 30.7 Å². The van der Waals surface area contributed by atoms with Crippen LogP contribution in [0.2, 0.25) is 0 Å². The van der Waals surface area contributed by atoms with Crippen LogP contribution in [0.25, 0.3) is 10.9 Å².